The predicted octanol–water partition coefficient (Wildman–Crippen LogP) is 2.11. The first-order valence-corrected chi connectivity index (χ1v) is 8.41. The minimum atomic E-state index is -0.513. The quantitative estimate of drug-likeness (QED) is 0.624. The molecule has 0 aliphatic carbocycles. The van der Waals surface area contributed by atoms with Crippen LogP contribution in [-0.2, 0) is 0 Å². The Kier molecular flexibility index (Phi) is 4.70. The van der Waals surface area contributed by atoms with Crippen molar-refractivity contribution in [3.05, 3.63) is 45.8 Å². The van der Waals surface area contributed by atoms with E-state index in [4.69, 9.17) is 0 Å². The van der Waals surface area contributed by atoms with E-state index in [-0.39, 0.29) is 17.2 Å². The molecule has 24 heavy (non-hydrogen) atoms. The number of amides is 1. The van der Waals surface area contributed by atoms with E-state index in [1.54, 1.807) is 17.0 Å². The maximum Gasteiger partial charge on any atom is 0.282 e. The number of benzene rings is 1. The lowest BCUT2D eigenvalue weighted by Gasteiger charge is -2.21. The second-order valence-electron chi connectivity index (χ2n) is 5.53. The molecule has 1 saturated heterocycles. The zero-order valence-corrected chi connectivity index (χ0v) is 14.0. The number of para-hydroxylation sites is 1. The molecular formula is C15H17N5O3S. The van der Waals surface area contributed by atoms with Crippen LogP contribution in [0.4, 0.5) is 10.8 Å². The van der Waals surface area contributed by atoms with Gasteiger partial charge in [0.05, 0.1) is 4.92 Å². The van der Waals surface area contributed by atoms with Crippen molar-refractivity contribution in [2.24, 2.45) is 0 Å². The average molecular weight is 347 g/mol. The zero-order valence-electron chi connectivity index (χ0n) is 13.2. The molecule has 9 heteroatoms. The molecule has 126 valence electrons. The van der Waals surface area contributed by atoms with Crippen molar-refractivity contribution in [3.63, 3.8) is 0 Å². The molecule has 0 radical (unpaired) electrons. The Hall–Kier alpha value is -2.55. The number of nitro groups is 1. The van der Waals surface area contributed by atoms with Crippen LogP contribution in [0.2, 0.25) is 0 Å². The number of nitro benzene ring substituents is 1. The van der Waals surface area contributed by atoms with E-state index in [1.807, 2.05) is 6.92 Å². The van der Waals surface area contributed by atoms with Crippen LogP contribution in [-0.4, -0.2) is 51.3 Å². The van der Waals surface area contributed by atoms with E-state index in [0.717, 1.165) is 23.9 Å². The Morgan fingerprint density at radius 1 is 1.25 bits per heavy atom. The van der Waals surface area contributed by atoms with Gasteiger partial charge in [0.15, 0.2) is 0 Å². The van der Waals surface area contributed by atoms with Gasteiger partial charge >= 0.3 is 0 Å². The minimum absolute atomic E-state index is 0.141. The van der Waals surface area contributed by atoms with E-state index >= 15 is 0 Å². The number of carbonyl (C=O) groups excluding carboxylic acids is 1. The molecule has 0 saturated carbocycles. The summed E-state index contributed by atoms with van der Waals surface area (Å²) < 4.78 is 4.19. The van der Waals surface area contributed by atoms with Crippen molar-refractivity contribution in [2.75, 3.05) is 31.1 Å². The van der Waals surface area contributed by atoms with Gasteiger partial charge in [0, 0.05) is 43.8 Å². The van der Waals surface area contributed by atoms with Gasteiger partial charge < -0.3 is 9.80 Å². The molecule has 3 rings (SSSR count). The van der Waals surface area contributed by atoms with Crippen LogP contribution in [0.1, 0.15) is 22.6 Å². The topological polar surface area (TPSA) is 92.5 Å². The summed E-state index contributed by atoms with van der Waals surface area (Å²) in [4.78, 5) is 31.5. The first-order chi connectivity index (χ1) is 11.6. The van der Waals surface area contributed by atoms with Crippen molar-refractivity contribution in [1.82, 2.24) is 14.3 Å². The third-order valence-corrected chi connectivity index (χ3v) is 4.77. The van der Waals surface area contributed by atoms with Crippen molar-refractivity contribution in [3.8, 4) is 0 Å². The molecule has 1 aliphatic rings. The van der Waals surface area contributed by atoms with Crippen LogP contribution in [0.25, 0.3) is 0 Å². The van der Waals surface area contributed by atoms with Gasteiger partial charge in [0.1, 0.15) is 11.4 Å². The Bertz CT molecular complexity index is 763. The Morgan fingerprint density at radius 2 is 2.04 bits per heavy atom. The van der Waals surface area contributed by atoms with Crippen molar-refractivity contribution in [2.45, 2.75) is 13.3 Å². The summed E-state index contributed by atoms with van der Waals surface area (Å²) in [5.41, 5.74) is -0.00828. The number of nitrogens with zero attached hydrogens (tertiary/aromatic N) is 5. The molecule has 2 aromatic rings. The number of aromatic nitrogens is 2. The summed E-state index contributed by atoms with van der Waals surface area (Å²) in [6.07, 6.45) is 0.783. The maximum absolute atomic E-state index is 12.7. The van der Waals surface area contributed by atoms with Crippen LogP contribution >= 0.6 is 11.5 Å². The SMILES string of the molecule is Cc1nsc(N2CCCN(C(=O)c3ccccc3[N+](=O)[O-])CC2)n1. The van der Waals surface area contributed by atoms with Crippen LogP contribution < -0.4 is 4.90 Å². The first-order valence-electron chi connectivity index (χ1n) is 7.64. The molecule has 0 bridgehead atoms. The van der Waals surface area contributed by atoms with Gasteiger partial charge in [-0.2, -0.15) is 4.37 Å². The molecule has 1 amide bonds. The standard InChI is InChI=1S/C15H17N5O3S/c1-11-16-15(24-17-11)19-8-4-7-18(9-10-19)14(21)12-5-2-3-6-13(12)20(22)23/h2-3,5-6H,4,7-10H2,1H3. The monoisotopic (exact) mass is 347 g/mol. The molecule has 0 spiro atoms. The van der Waals surface area contributed by atoms with E-state index < -0.39 is 4.92 Å². The second kappa shape index (κ2) is 6.91. The molecule has 1 fully saturated rings. The summed E-state index contributed by atoms with van der Waals surface area (Å²) in [6.45, 7) is 4.35. The van der Waals surface area contributed by atoms with E-state index in [9.17, 15) is 14.9 Å². The summed E-state index contributed by atoms with van der Waals surface area (Å²) in [5, 5.41) is 12.0. The molecule has 0 N–H and O–H groups in total. The van der Waals surface area contributed by atoms with Crippen molar-refractivity contribution >= 4 is 28.3 Å². The zero-order chi connectivity index (χ0) is 17.1. The number of carbonyl (C=O) groups is 1. The predicted molar refractivity (Wildman–Crippen MR) is 90.5 cm³/mol. The minimum Gasteiger partial charge on any atom is -0.345 e. The lowest BCUT2D eigenvalue weighted by molar-refractivity contribution is -0.385. The fraction of sp³-hybridized carbons (Fsp3) is 0.400. The molecule has 0 atom stereocenters. The van der Waals surface area contributed by atoms with Crippen LogP contribution in [0.15, 0.2) is 24.3 Å². The Morgan fingerprint density at radius 3 is 2.75 bits per heavy atom. The van der Waals surface area contributed by atoms with Gasteiger partial charge in [-0.25, -0.2) is 4.98 Å². The van der Waals surface area contributed by atoms with E-state index in [2.05, 4.69) is 14.3 Å². The van der Waals surface area contributed by atoms with E-state index in [1.165, 1.54) is 23.7 Å². The highest BCUT2D eigenvalue weighted by atomic mass is 32.1. The van der Waals surface area contributed by atoms with Crippen LogP contribution in [0.3, 0.4) is 0 Å². The molecule has 8 nitrogen and oxygen atoms in total. The molecule has 0 unspecified atom stereocenters. The fourth-order valence-corrected chi connectivity index (χ4v) is 3.44. The lowest BCUT2D eigenvalue weighted by Crippen LogP contribution is -2.35. The largest absolute Gasteiger partial charge is 0.345 e. The summed E-state index contributed by atoms with van der Waals surface area (Å²) >= 11 is 1.35. The molecule has 2 heterocycles. The number of anilines is 1. The summed E-state index contributed by atoms with van der Waals surface area (Å²) in [6, 6.07) is 6.09. The first kappa shape index (κ1) is 16.3. The highest BCUT2D eigenvalue weighted by Crippen LogP contribution is 2.22. The van der Waals surface area contributed by atoms with Crippen LogP contribution in [0, 0.1) is 17.0 Å². The van der Waals surface area contributed by atoms with Gasteiger partial charge in [-0.1, -0.05) is 12.1 Å². The number of aryl methyl sites for hydroxylation is 1. The number of hydrogen-bond donors (Lipinski definition) is 0. The molecule has 1 aliphatic heterocycles. The normalized spacial score (nSPS) is 15.2. The van der Waals surface area contributed by atoms with E-state index in [0.29, 0.717) is 19.6 Å². The van der Waals surface area contributed by atoms with Gasteiger partial charge in [-0.15, -0.1) is 0 Å². The third-order valence-electron chi connectivity index (χ3n) is 3.90. The average Bonchev–Trinajstić information content (AvgIpc) is 2.86. The Balaban J connectivity index is 1.74. The lowest BCUT2D eigenvalue weighted by atomic mass is 10.1. The smallest absolute Gasteiger partial charge is 0.282 e. The highest BCUT2D eigenvalue weighted by Gasteiger charge is 2.26. The number of hydrogen-bond acceptors (Lipinski definition) is 7. The third kappa shape index (κ3) is 3.35. The highest BCUT2D eigenvalue weighted by molar-refractivity contribution is 7.09. The second-order valence-corrected chi connectivity index (χ2v) is 6.26. The summed E-state index contributed by atoms with van der Waals surface area (Å²) in [5.74, 6) is 0.449. The van der Waals surface area contributed by atoms with Crippen molar-refractivity contribution in [1.29, 1.82) is 0 Å². The summed E-state index contributed by atoms with van der Waals surface area (Å²) in [7, 11) is 0. The Labute approximate surface area is 143 Å². The van der Waals surface area contributed by atoms with Crippen LogP contribution in [0.5, 0.6) is 0 Å². The van der Waals surface area contributed by atoms with Gasteiger partial charge in [0.2, 0.25) is 5.13 Å². The van der Waals surface area contributed by atoms with Gasteiger partial charge in [-0.05, 0) is 19.4 Å². The molecule has 1 aromatic carbocycles. The van der Waals surface area contributed by atoms with Crippen molar-refractivity contribution < 1.29 is 9.72 Å². The van der Waals surface area contributed by atoms with Gasteiger partial charge in [0.25, 0.3) is 11.6 Å². The molecule has 1 aromatic heterocycles. The number of rotatable bonds is 3. The fourth-order valence-electron chi connectivity index (χ4n) is 2.71. The maximum atomic E-state index is 12.7. The molecular weight excluding hydrogens is 330 g/mol. The van der Waals surface area contributed by atoms with Gasteiger partial charge in [-0.3, -0.25) is 14.9 Å².